The van der Waals surface area contributed by atoms with Crippen LogP contribution in [0, 0.1) is 0 Å². The molecule has 2 aliphatic heterocycles. The summed E-state index contributed by atoms with van der Waals surface area (Å²) in [5.74, 6) is 0.320. The highest BCUT2D eigenvalue weighted by Crippen LogP contribution is 2.19. The highest BCUT2D eigenvalue weighted by Gasteiger charge is 2.33. The normalized spacial score (nSPS) is 26.4. The molecular formula is C12H23N3O2. The summed E-state index contributed by atoms with van der Waals surface area (Å²) < 4.78 is 5.10. The predicted molar refractivity (Wildman–Crippen MR) is 65.9 cm³/mol. The third kappa shape index (κ3) is 3.18. The second-order valence-electron chi connectivity index (χ2n) is 4.76. The number of amides is 1. The largest absolute Gasteiger partial charge is 0.383 e. The molecule has 0 aliphatic carbocycles. The van der Waals surface area contributed by atoms with E-state index in [9.17, 15) is 4.79 Å². The fourth-order valence-electron chi connectivity index (χ4n) is 2.68. The number of nitrogens with one attached hydrogen (secondary N) is 1. The van der Waals surface area contributed by atoms with Crippen LogP contribution in [0.3, 0.4) is 0 Å². The minimum absolute atomic E-state index is 0.100. The molecule has 1 unspecified atom stereocenters. The molecule has 1 N–H and O–H groups in total. The average molecular weight is 241 g/mol. The van der Waals surface area contributed by atoms with Gasteiger partial charge in [-0.25, -0.2) is 0 Å². The number of methoxy groups -OCH3 is 1. The summed E-state index contributed by atoms with van der Waals surface area (Å²) in [6.45, 7) is 6.18. The van der Waals surface area contributed by atoms with Gasteiger partial charge in [-0.1, -0.05) is 0 Å². The lowest BCUT2D eigenvalue weighted by Crippen LogP contribution is -2.52. The standard InChI is InChI=1S/C12H23N3O2/c1-17-10-9-14-6-2-3-11(14)12(16)15-7-4-13-5-8-15/h11,13H,2-10H2,1H3. The third-order valence-electron chi connectivity index (χ3n) is 3.66. The van der Waals surface area contributed by atoms with Crippen LogP contribution in [0.2, 0.25) is 0 Å². The maximum absolute atomic E-state index is 12.4. The van der Waals surface area contributed by atoms with Crippen LogP contribution in [0.15, 0.2) is 0 Å². The molecule has 17 heavy (non-hydrogen) atoms. The van der Waals surface area contributed by atoms with E-state index in [1.54, 1.807) is 7.11 Å². The van der Waals surface area contributed by atoms with Crippen molar-refractivity contribution >= 4 is 5.91 Å². The fraction of sp³-hybridized carbons (Fsp3) is 0.917. The molecule has 1 amide bonds. The van der Waals surface area contributed by atoms with Crippen LogP contribution >= 0.6 is 0 Å². The van der Waals surface area contributed by atoms with Gasteiger partial charge in [0.2, 0.25) is 5.91 Å². The van der Waals surface area contributed by atoms with Gasteiger partial charge in [0, 0.05) is 39.8 Å². The van der Waals surface area contributed by atoms with E-state index in [1.165, 1.54) is 0 Å². The van der Waals surface area contributed by atoms with Crippen LogP contribution in [0.5, 0.6) is 0 Å². The molecule has 2 heterocycles. The van der Waals surface area contributed by atoms with E-state index in [0.717, 1.165) is 52.1 Å². The maximum atomic E-state index is 12.4. The smallest absolute Gasteiger partial charge is 0.240 e. The average Bonchev–Trinajstić information content (AvgIpc) is 2.84. The zero-order valence-corrected chi connectivity index (χ0v) is 10.7. The van der Waals surface area contributed by atoms with Gasteiger partial charge in [0.25, 0.3) is 0 Å². The third-order valence-corrected chi connectivity index (χ3v) is 3.66. The molecule has 0 radical (unpaired) electrons. The fourth-order valence-corrected chi connectivity index (χ4v) is 2.68. The Hall–Kier alpha value is -0.650. The molecule has 0 aromatic heterocycles. The van der Waals surface area contributed by atoms with Gasteiger partial charge >= 0.3 is 0 Å². The lowest BCUT2D eigenvalue weighted by molar-refractivity contribution is -0.136. The molecule has 98 valence electrons. The maximum Gasteiger partial charge on any atom is 0.240 e. The molecule has 0 aromatic rings. The van der Waals surface area contributed by atoms with Crippen LogP contribution in [0.25, 0.3) is 0 Å². The summed E-state index contributed by atoms with van der Waals surface area (Å²) in [5, 5.41) is 3.28. The lowest BCUT2D eigenvalue weighted by atomic mass is 10.2. The molecule has 1 atom stereocenters. The molecule has 0 saturated carbocycles. The Balaban J connectivity index is 1.88. The van der Waals surface area contributed by atoms with E-state index in [2.05, 4.69) is 10.2 Å². The van der Waals surface area contributed by atoms with Crippen molar-refractivity contribution in [2.45, 2.75) is 18.9 Å². The van der Waals surface area contributed by atoms with Crippen molar-refractivity contribution in [3.63, 3.8) is 0 Å². The number of hydrogen-bond donors (Lipinski definition) is 1. The highest BCUT2D eigenvalue weighted by molar-refractivity contribution is 5.82. The molecule has 5 nitrogen and oxygen atoms in total. The zero-order valence-electron chi connectivity index (χ0n) is 10.7. The zero-order chi connectivity index (χ0) is 12.1. The van der Waals surface area contributed by atoms with Gasteiger partial charge in [0.05, 0.1) is 12.6 Å². The molecular weight excluding hydrogens is 218 g/mol. The number of likely N-dealkylation sites (tertiary alicyclic amines) is 1. The number of carbonyl (C=O) groups excluding carboxylic acids is 1. The summed E-state index contributed by atoms with van der Waals surface area (Å²) in [6, 6.07) is 0.100. The number of piperazine rings is 1. The highest BCUT2D eigenvalue weighted by atomic mass is 16.5. The van der Waals surface area contributed by atoms with E-state index in [1.807, 2.05) is 4.90 Å². The monoisotopic (exact) mass is 241 g/mol. The van der Waals surface area contributed by atoms with E-state index in [-0.39, 0.29) is 6.04 Å². The van der Waals surface area contributed by atoms with Crippen molar-refractivity contribution in [2.24, 2.45) is 0 Å². The molecule has 0 spiro atoms. The van der Waals surface area contributed by atoms with Gasteiger partial charge < -0.3 is 15.0 Å². The van der Waals surface area contributed by atoms with Crippen LogP contribution in [-0.2, 0) is 9.53 Å². The van der Waals surface area contributed by atoms with Crippen molar-refractivity contribution in [3.05, 3.63) is 0 Å². The first kappa shape index (κ1) is 12.8. The quantitative estimate of drug-likeness (QED) is 0.723. The van der Waals surface area contributed by atoms with Gasteiger partial charge in [-0.05, 0) is 19.4 Å². The van der Waals surface area contributed by atoms with Crippen LogP contribution < -0.4 is 5.32 Å². The number of carbonyl (C=O) groups is 1. The topological polar surface area (TPSA) is 44.8 Å². The molecule has 2 aliphatic rings. The summed E-state index contributed by atoms with van der Waals surface area (Å²) >= 11 is 0. The Kier molecular flexibility index (Phi) is 4.76. The Bertz CT molecular complexity index is 254. The number of ether oxygens (including phenoxy) is 1. The molecule has 2 saturated heterocycles. The second kappa shape index (κ2) is 6.33. The molecule has 5 heteroatoms. The van der Waals surface area contributed by atoms with Crippen LogP contribution in [0.1, 0.15) is 12.8 Å². The van der Waals surface area contributed by atoms with E-state index >= 15 is 0 Å². The van der Waals surface area contributed by atoms with Crippen molar-refractivity contribution in [3.8, 4) is 0 Å². The van der Waals surface area contributed by atoms with E-state index in [0.29, 0.717) is 12.5 Å². The minimum Gasteiger partial charge on any atom is -0.383 e. The number of hydrogen-bond acceptors (Lipinski definition) is 4. The Labute approximate surface area is 103 Å². The summed E-state index contributed by atoms with van der Waals surface area (Å²) in [7, 11) is 1.71. The summed E-state index contributed by atoms with van der Waals surface area (Å²) in [5.41, 5.74) is 0. The van der Waals surface area contributed by atoms with Gasteiger partial charge in [0.15, 0.2) is 0 Å². The number of nitrogens with zero attached hydrogens (tertiary/aromatic N) is 2. The number of rotatable bonds is 4. The predicted octanol–water partition coefficient (Wildman–Crippen LogP) is -0.471. The van der Waals surface area contributed by atoms with E-state index in [4.69, 9.17) is 4.74 Å². The van der Waals surface area contributed by atoms with Crippen molar-refractivity contribution in [1.29, 1.82) is 0 Å². The first-order valence-electron chi connectivity index (χ1n) is 6.55. The SMILES string of the molecule is COCCN1CCCC1C(=O)N1CCNCC1. The van der Waals surface area contributed by atoms with Gasteiger partial charge in [0.1, 0.15) is 0 Å². The van der Waals surface area contributed by atoms with E-state index < -0.39 is 0 Å². The summed E-state index contributed by atoms with van der Waals surface area (Å²) in [4.78, 5) is 16.7. The van der Waals surface area contributed by atoms with Crippen LogP contribution in [-0.4, -0.2) is 74.7 Å². The van der Waals surface area contributed by atoms with Crippen molar-refractivity contribution < 1.29 is 9.53 Å². The Morgan fingerprint density at radius 1 is 1.35 bits per heavy atom. The molecule has 0 aromatic carbocycles. The van der Waals surface area contributed by atoms with Gasteiger partial charge in [-0.2, -0.15) is 0 Å². The molecule has 0 bridgehead atoms. The first-order chi connectivity index (χ1) is 8.33. The van der Waals surface area contributed by atoms with Gasteiger partial charge in [-0.3, -0.25) is 9.69 Å². The van der Waals surface area contributed by atoms with Crippen LogP contribution in [0.4, 0.5) is 0 Å². The minimum atomic E-state index is 0.100. The van der Waals surface area contributed by atoms with Crippen molar-refractivity contribution in [1.82, 2.24) is 15.1 Å². The molecule has 2 fully saturated rings. The molecule has 2 rings (SSSR count). The van der Waals surface area contributed by atoms with Crippen molar-refractivity contribution in [2.75, 3.05) is 53.0 Å². The summed E-state index contributed by atoms with van der Waals surface area (Å²) in [6.07, 6.45) is 2.14. The Morgan fingerprint density at radius 3 is 2.82 bits per heavy atom. The lowest BCUT2D eigenvalue weighted by Gasteiger charge is -2.32. The second-order valence-corrected chi connectivity index (χ2v) is 4.76. The Morgan fingerprint density at radius 2 is 2.12 bits per heavy atom. The van der Waals surface area contributed by atoms with Gasteiger partial charge in [-0.15, -0.1) is 0 Å². The first-order valence-corrected chi connectivity index (χ1v) is 6.55.